The minimum Gasteiger partial charge on any atom is -0.457 e. The van der Waals surface area contributed by atoms with Gasteiger partial charge in [0.05, 0.1) is 12.8 Å². The number of nitrogens with one attached hydrogen (secondary N) is 1. The molecule has 0 aliphatic carbocycles. The molecule has 33 heavy (non-hydrogen) atoms. The van der Waals surface area contributed by atoms with Gasteiger partial charge in [0, 0.05) is 13.1 Å². The molecular weight excluding hydrogens is 414 g/mol. The molecule has 1 saturated heterocycles. The molecule has 0 bridgehead atoms. The van der Waals surface area contributed by atoms with Crippen LogP contribution in [0, 0.1) is 0 Å². The lowest BCUT2D eigenvalue weighted by molar-refractivity contribution is -0.162. The van der Waals surface area contributed by atoms with Gasteiger partial charge in [0.2, 0.25) is 0 Å². The molecule has 1 N–H and O–H groups in total. The molecule has 4 aromatic carbocycles. The van der Waals surface area contributed by atoms with Crippen molar-refractivity contribution in [2.24, 2.45) is 0 Å². The lowest BCUT2D eigenvalue weighted by Crippen LogP contribution is -2.34. The van der Waals surface area contributed by atoms with Crippen LogP contribution in [0.5, 0.6) is 0 Å². The molecule has 5 heteroatoms. The third-order valence-electron chi connectivity index (χ3n) is 6.10. The van der Waals surface area contributed by atoms with Crippen LogP contribution in [0.2, 0.25) is 0 Å². The number of esters is 2. The van der Waals surface area contributed by atoms with E-state index in [1.807, 2.05) is 84.9 Å². The minimum absolute atomic E-state index is 0.175. The van der Waals surface area contributed by atoms with Gasteiger partial charge in [-0.05, 0) is 32.7 Å². The van der Waals surface area contributed by atoms with Crippen LogP contribution in [-0.4, -0.2) is 37.2 Å². The third-order valence-corrected chi connectivity index (χ3v) is 6.10. The second-order valence-corrected chi connectivity index (χ2v) is 8.34. The van der Waals surface area contributed by atoms with Gasteiger partial charge in [0.25, 0.3) is 0 Å². The number of ether oxygens (including phenoxy) is 2. The first-order valence-corrected chi connectivity index (χ1v) is 11.2. The quantitative estimate of drug-likeness (QED) is 0.456. The highest BCUT2D eigenvalue weighted by Gasteiger charge is 2.33. The molecule has 5 nitrogen and oxygen atoms in total. The summed E-state index contributed by atoms with van der Waals surface area (Å²) in [6, 6.07) is 27.8. The zero-order valence-electron chi connectivity index (χ0n) is 18.2. The fraction of sp³-hybridized carbons (Fsp3) is 0.214. The summed E-state index contributed by atoms with van der Waals surface area (Å²) in [5.74, 6) is -0.648. The Labute approximate surface area is 192 Å². The average Bonchev–Trinajstić information content (AvgIpc) is 3.25. The molecule has 166 valence electrons. The van der Waals surface area contributed by atoms with Crippen LogP contribution in [0.15, 0.2) is 84.9 Å². The van der Waals surface area contributed by atoms with Gasteiger partial charge in [-0.25, -0.2) is 0 Å². The minimum atomic E-state index is -0.496. The van der Waals surface area contributed by atoms with E-state index in [1.165, 1.54) is 0 Å². The van der Waals surface area contributed by atoms with E-state index < -0.39 is 12.2 Å². The van der Waals surface area contributed by atoms with Crippen molar-refractivity contribution in [3.8, 4) is 0 Å². The van der Waals surface area contributed by atoms with Gasteiger partial charge in [-0.3, -0.25) is 9.59 Å². The fourth-order valence-electron chi connectivity index (χ4n) is 4.49. The van der Waals surface area contributed by atoms with Crippen LogP contribution in [0.4, 0.5) is 0 Å². The molecule has 0 spiro atoms. The Bertz CT molecular complexity index is 1200. The van der Waals surface area contributed by atoms with E-state index in [-0.39, 0.29) is 24.8 Å². The van der Waals surface area contributed by atoms with E-state index in [0.29, 0.717) is 13.1 Å². The summed E-state index contributed by atoms with van der Waals surface area (Å²) in [6.45, 7) is 0.932. The molecule has 1 aliphatic rings. The number of carbonyl (C=O) groups excluding carboxylic acids is 2. The second-order valence-electron chi connectivity index (χ2n) is 8.34. The molecule has 0 amide bonds. The molecule has 0 unspecified atom stereocenters. The Morgan fingerprint density at radius 2 is 1.06 bits per heavy atom. The first kappa shape index (κ1) is 21.2. The largest absolute Gasteiger partial charge is 0.457 e. The molecule has 0 aromatic heterocycles. The molecule has 4 aromatic rings. The van der Waals surface area contributed by atoms with Gasteiger partial charge in [-0.15, -0.1) is 0 Å². The lowest BCUT2D eigenvalue weighted by atomic mass is 10.0. The summed E-state index contributed by atoms with van der Waals surface area (Å²) in [6.07, 6.45) is -0.642. The Morgan fingerprint density at radius 1 is 0.636 bits per heavy atom. The highest BCUT2D eigenvalue weighted by Crippen LogP contribution is 2.22. The van der Waals surface area contributed by atoms with E-state index in [2.05, 4.69) is 5.32 Å². The van der Waals surface area contributed by atoms with Crippen molar-refractivity contribution in [1.29, 1.82) is 0 Å². The SMILES string of the molecule is O=C(Cc1cccc2ccccc12)O[C@H]1CNC[C@@H]1OC(=O)Cc1cccc2ccccc12. The number of hydrogen-bond donors (Lipinski definition) is 1. The summed E-state index contributed by atoms with van der Waals surface area (Å²) in [7, 11) is 0. The maximum Gasteiger partial charge on any atom is 0.310 e. The van der Waals surface area contributed by atoms with E-state index in [4.69, 9.17) is 9.47 Å². The molecule has 1 fully saturated rings. The maximum absolute atomic E-state index is 12.7. The smallest absolute Gasteiger partial charge is 0.310 e. The lowest BCUT2D eigenvalue weighted by Gasteiger charge is -2.20. The highest BCUT2D eigenvalue weighted by molar-refractivity contribution is 5.90. The average molecular weight is 440 g/mol. The number of benzene rings is 4. The van der Waals surface area contributed by atoms with Crippen LogP contribution < -0.4 is 5.32 Å². The van der Waals surface area contributed by atoms with Gasteiger partial charge in [-0.1, -0.05) is 84.9 Å². The summed E-state index contributed by atoms with van der Waals surface area (Å²) >= 11 is 0. The molecular formula is C28H25NO4. The Hall–Kier alpha value is -3.70. The molecule has 1 aliphatic heterocycles. The number of hydrogen-bond acceptors (Lipinski definition) is 5. The highest BCUT2D eigenvalue weighted by atomic mass is 16.6. The van der Waals surface area contributed by atoms with E-state index in [1.54, 1.807) is 0 Å². The van der Waals surface area contributed by atoms with Crippen LogP contribution >= 0.6 is 0 Å². The normalized spacial score (nSPS) is 17.8. The molecule has 0 saturated carbocycles. The van der Waals surface area contributed by atoms with Crippen LogP contribution in [0.25, 0.3) is 21.5 Å². The van der Waals surface area contributed by atoms with Crippen LogP contribution in [0.3, 0.4) is 0 Å². The second kappa shape index (κ2) is 9.43. The first-order chi connectivity index (χ1) is 16.2. The van der Waals surface area contributed by atoms with E-state index >= 15 is 0 Å². The first-order valence-electron chi connectivity index (χ1n) is 11.2. The van der Waals surface area contributed by atoms with Crippen molar-refractivity contribution in [1.82, 2.24) is 5.32 Å². The Balaban J connectivity index is 1.22. The van der Waals surface area contributed by atoms with Gasteiger partial charge in [0.1, 0.15) is 0 Å². The van der Waals surface area contributed by atoms with E-state index in [9.17, 15) is 9.59 Å². The van der Waals surface area contributed by atoms with Crippen molar-refractivity contribution < 1.29 is 19.1 Å². The predicted molar refractivity (Wildman–Crippen MR) is 128 cm³/mol. The van der Waals surface area contributed by atoms with Gasteiger partial charge in [-0.2, -0.15) is 0 Å². The van der Waals surface area contributed by atoms with Crippen molar-refractivity contribution >= 4 is 33.5 Å². The molecule has 2 atom stereocenters. The zero-order valence-corrected chi connectivity index (χ0v) is 18.2. The van der Waals surface area contributed by atoms with Gasteiger partial charge in [0.15, 0.2) is 12.2 Å². The molecule has 1 heterocycles. The van der Waals surface area contributed by atoms with Crippen molar-refractivity contribution in [2.75, 3.05) is 13.1 Å². The van der Waals surface area contributed by atoms with Crippen molar-refractivity contribution in [3.63, 3.8) is 0 Å². The maximum atomic E-state index is 12.7. The van der Waals surface area contributed by atoms with E-state index in [0.717, 1.165) is 32.7 Å². The van der Waals surface area contributed by atoms with Crippen LogP contribution in [-0.2, 0) is 31.9 Å². The van der Waals surface area contributed by atoms with Gasteiger partial charge < -0.3 is 14.8 Å². The summed E-state index contributed by atoms with van der Waals surface area (Å²) < 4.78 is 11.4. The topological polar surface area (TPSA) is 64.6 Å². The predicted octanol–water partition coefficient (Wildman–Crippen LogP) is 4.21. The summed E-state index contributed by atoms with van der Waals surface area (Å²) in [5.41, 5.74) is 1.85. The Kier molecular flexibility index (Phi) is 6.05. The van der Waals surface area contributed by atoms with Crippen molar-refractivity contribution in [3.05, 3.63) is 96.1 Å². The molecule has 5 rings (SSSR count). The number of rotatable bonds is 6. The fourth-order valence-corrected chi connectivity index (χ4v) is 4.49. The zero-order chi connectivity index (χ0) is 22.6. The third kappa shape index (κ3) is 4.73. The number of fused-ring (bicyclic) bond motifs is 2. The summed E-state index contributed by atoms with van der Waals surface area (Å²) in [4.78, 5) is 25.4. The van der Waals surface area contributed by atoms with Crippen LogP contribution in [0.1, 0.15) is 11.1 Å². The van der Waals surface area contributed by atoms with Crippen molar-refractivity contribution in [2.45, 2.75) is 25.0 Å². The molecule has 0 radical (unpaired) electrons. The standard InChI is InChI=1S/C28H25NO4/c30-27(15-21-11-5-9-19-7-1-3-13-23(19)21)32-25-17-29-18-26(25)33-28(31)16-22-12-6-10-20-8-2-4-14-24(20)22/h1-14,25-26,29H,15-18H2/t25-,26-/m0/s1. The monoisotopic (exact) mass is 439 g/mol. The number of carbonyl (C=O) groups is 2. The van der Waals surface area contributed by atoms with Gasteiger partial charge >= 0.3 is 11.9 Å². The Morgan fingerprint density at radius 3 is 1.55 bits per heavy atom. The summed E-state index contributed by atoms with van der Waals surface area (Å²) in [5, 5.41) is 7.43.